The number of carboxylic acids is 1. The summed E-state index contributed by atoms with van der Waals surface area (Å²) < 4.78 is 26.7. The van der Waals surface area contributed by atoms with Gasteiger partial charge in [-0.15, -0.1) is 0 Å². The van der Waals surface area contributed by atoms with Gasteiger partial charge in [0.25, 0.3) is 0 Å². The zero-order valence-corrected chi connectivity index (χ0v) is 23.0. The standard InChI is InChI=1S/C26H42O12/c1-6-11-18(27)34-16-17(35-19(28)12-7-2)23(36-20(29)13-8-3)24(37-21(30)14-9-4)25(26(32)33)38-22(31)15-10-5/h17,23-25H,6-16H2,1-5H3,(H,32,33). The van der Waals surface area contributed by atoms with Gasteiger partial charge in [0.15, 0.2) is 18.3 Å². The van der Waals surface area contributed by atoms with Crippen LogP contribution in [0.2, 0.25) is 0 Å². The molecule has 12 nitrogen and oxygen atoms in total. The van der Waals surface area contributed by atoms with Crippen molar-refractivity contribution in [3.8, 4) is 0 Å². The normalized spacial score (nSPS) is 13.8. The third-order valence-corrected chi connectivity index (χ3v) is 4.99. The maximum atomic E-state index is 12.6. The zero-order valence-electron chi connectivity index (χ0n) is 23.0. The van der Waals surface area contributed by atoms with Crippen molar-refractivity contribution >= 4 is 35.8 Å². The van der Waals surface area contributed by atoms with Gasteiger partial charge in [0.1, 0.15) is 6.61 Å². The lowest BCUT2D eigenvalue weighted by atomic mass is 10.0. The summed E-state index contributed by atoms with van der Waals surface area (Å²) in [6.07, 6.45) is -5.70. The van der Waals surface area contributed by atoms with E-state index in [4.69, 9.17) is 23.7 Å². The minimum absolute atomic E-state index is 0.0385. The highest BCUT2D eigenvalue weighted by Gasteiger charge is 2.47. The number of carbonyl (C=O) groups is 6. The van der Waals surface area contributed by atoms with Gasteiger partial charge in [-0.2, -0.15) is 0 Å². The van der Waals surface area contributed by atoms with Crippen molar-refractivity contribution in [3.63, 3.8) is 0 Å². The lowest BCUT2D eigenvalue weighted by molar-refractivity contribution is -0.209. The number of carbonyl (C=O) groups excluding carboxylic acids is 5. The van der Waals surface area contributed by atoms with Crippen LogP contribution in [0.4, 0.5) is 0 Å². The molecule has 0 saturated heterocycles. The Labute approximate surface area is 223 Å². The average molecular weight is 547 g/mol. The molecule has 0 aromatic carbocycles. The van der Waals surface area contributed by atoms with Crippen LogP contribution in [0.1, 0.15) is 98.8 Å². The minimum Gasteiger partial charge on any atom is -0.478 e. The van der Waals surface area contributed by atoms with E-state index in [1.165, 1.54) is 0 Å². The predicted octanol–water partition coefficient (Wildman–Crippen LogP) is 3.26. The third kappa shape index (κ3) is 13.9. The first kappa shape index (κ1) is 34.8. The van der Waals surface area contributed by atoms with E-state index in [9.17, 15) is 33.9 Å². The van der Waals surface area contributed by atoms with Gasteiger partial charge in [0, 0.05) is 32.1 Å². The van der Waals surface area contributed by atoms with Gasteiger partial charge in [-0.25, -0.2) is 4.79 Å². The molecule has 0 spiro atoms. The molecule has 0 bridgehead atoms. The highest BCUT2D eigenvalue weighted by Crippen LogP contribution is 2.22. The first-order chi connectivity index (χ1) is 18.0. The number of ether oxygens (including phenoxy) is 5. The van der Waals surface area contributed by atoms with Crippen LogP contribution in [-0.2, 0) is 52.5 Å². The maximum absolute atomic E-state index is 12.6. The average Bonchev–Trinajstić information content (AvgIpc) is 2.83. The summed E-state index contributed by atoms with van der Waals surface area (Å²) in [6.45, 7) is 7.93. The maximum Gasteiger partial charge on any atom is 0.349 e. The molecule has 0 heterocycles. The Balaban J connectivity index is 6.68. The largest absolute Gasteiger partial charge is 0.478 e. The number of carboxylic acid groups (broad SMARTS) is 1. The minimum atomic E-state index is -2.10. The molecule has 0 aliphatic carbocycles. The number of esters is 5. The molecule has 0 aromatic rings. The van der Waals surface area contributed by atoms with E-state index in [1.807, 2.05) is 0 Å². The number of hydrogen-bond donors (Lipinski definition) is 1. The van der Waals surface area contributed by atoms with Crippen LogP contribution in [0.3, 0.4) is 0 Å². The molecule has 0 aliphatic heterocycles. The number of rotatable bonds is 20. The molecule has 4 unspecified atom stereocenters. The van der Waals surface area contributed by atoms with Crippen LogP contribution in [0.15, 0.2) is 0 Å². The Morgan fingerprint density at radius 2 is 0.895 bits per heavy atom. The van der Waals surface area contributed by atoms with Crippen molar-refractivity contribution in [3.05, 3.63) is 0 Å². The molecule has 0 amide bonds. The van der Waals surface area contributed by atoms with Crippen molar-refractivity contribution in [2.45, 2.75) is 123 Å². The number of hydrogen-bond acceptors (Lipinski definition) is 11. The number of aliphatic carboxylic acids is 1. The third-order valence-electron chi connectivity index (χ3n) is 4.99. The summed E-state index contributed by atoms with van der Waals surface area (Å²) in [4.78, 5) is 74.1. The molecule has 4 atom stereocenters. The lowest BCUT2D eigenvalue weighted by Crippen LogP contribution is -2.55. The van der Waals surface area contributed by atoms with Crippen molar-refractivity contribution in [2.24, 2.45) is 0 Å². The van der Waals surface area contributed by atoms with Gasteiger partial charge in [0.05, 0.1) is 0 Å². The van der Waals surface area contributed by atoms with Crippen LogP contribution in [-0.4, -0.2) is 71.9 Å². The molecule has 0 rings (SSSR count). The van der Waals surface area contributed by atoms with Crippen LogP contribution in [0.25, 0.3) is 0 Å². The molecule has 0 fully saturated rings. The molecule has 0 saturated carbocycles. The Hall–Kier alpha value is -3.18. The molecule has 0 aromatic heterocycles. The zero-order chi connectivity index (χ0) is 29.1. The highest BCUT2D eigenvalue weighted by atomic mass is 16.6. The van der Waals surface area contributed by atoms with Gasteiger partial charge in [0.2, 0.25) is 6.10 Å². The summed E-state index contributed by atoms with van der Waals surface area (Å²) in [6, 6.07) is 0. The molecular formula is C26H42O12. The van der Waals surface area contributed by atoms with Crippen LogP contribution >= 0.6 is 0 Å². The molecule has 0 radical (unpaired) electrons. The highest BCUT2D eigenvalue weighted by molar-refractivity contribution is 5.80. The molecule has 1 N–H and O–H groups in total. The predicted molar refractivity (Wildman–Crippen MR) is 133 cm³/mol. The van der Waals surface area contributed by atoms with E-state index in [0.29, 0.717) is 32.1 Å². The molecule has 12 heteroatoms. The molecule has 0 aliphatic rings. The first-order valence-corrected chi connectivity index (χ1v) is 13.2. The van der Waals surface area contributed by atoms with Gasteiger partial charge in [-0.3, -0.25) is 24.0 Å². The van der Waals surface area contributed by atoms with E-state index in [1.54, 1.807) is 34.6 Å². The Bertz CT molecular complexity index is 778. The fraction of sp³-hybridized carbons (Fsp3) is 0.769. The van der Waals surface area contributed by atoms with Gasteiger partial charge in [-0.05, 0) is 32.1 Å². The fourth-order valence-electron chi connectivity index (χ4n) is 3.23. The summed E-state index contributed by atoms with van der Waals surface area (Å²) in [7, 11) is 0. The van der Waals surface area contributed by atoms with Gasteiger partial charge >= 0.3 is 35.8 Å². The van der Waals surface area contributed by atoms with E-state index in [0.717, 1.165) is 0 Å². The summed E-state index contributed by atoms with van der Waals surface area (Å²) in [5.74, 6) is -5.60. The topological polar surface area (TPSA) is 169 Å². The van der Waals surface area contributed by atoms with Crippen molar-refractivity contribution in [2.75, 3.05) is 6.61 Å². The molecular weight excluding hydrogens is 504 g/mol. The second kappa shape index (κ2) is 19.9. The second-order valence-electron chi connectivity index (χ2n) is 8.62. The monoisotopic (exact) mass is 546 g/mol. The van der Waals surface area contributed by atoms with Crippen LogP contribution in [0, 0.1) is 0 Å². The Kier molecular flexibility index (Phi) is 18.2. The quantitative estimate of drug-likeness (QED) is 0.175. The smallest absolute Gasteiger partial charge is 0.349 e. The van der Waals surface area contributed by atoms with Crippen LogP contribution in [0.5, 0.6) is 0 Å². The SMILES string of the molecule is CCCC(=O)OCC(OC(=O)CCC)C(OC(=O)CCC)C(OC(=O)CCC)C(OC(=O)CCC)C(=O)O. The van der Waals surface area contributed by atoms with E-state index < -0.39 is 66.8 Å². The fourth-order valence-corrected chi connectivity index (χ4v) is 3.23. The van der Waals surface area contributed by atoms with Gasteiger partial charge in [-0.1, -0.05) is 34.6 Å². The van der Waals surface area contributed by atoms with Gasteiger partial charge < -0.3 is 28.8 Å². The van der Waals surface area contributed by atoms with Crippen molar-refractivity contribution in [1.29, 1.82) is 0 Å². The first-order valence-electron chi connectivity index (χ1n) is 13.2. The Morgan fingerprint density at radius 3 is 1.32 bits per heavy atom. The van der Waals surface area contributed by atoms with Crippen LogP contribution < -0.4 is 0 Å². The van der Waals surface area contributed by atoms with Crippen molar-refractivity contribution < 1.29 is 57.6 Å². The Morgan fingerprint density at radius 1 is 0.526 bits per heavy atom. The van der Waals surface area contributed by atoms with E-state index >= 15 is 0 Å². The van der Waals surface area contributed by atoms with E-state index in [-0.39, 0.29) is 32.1 Å². The van der Waals surface area contributed by atoms with Crippen molar-refractivity contribution in [1.82, 2.24) is 0 Å². The lowest BCUT2D eigenvalue weighted by Gasteiger charge is -2.34. The van der Waals surface area contributed by atoms with E-state index in [2.05, 4.69) is 0 Å². The molecule has 38 heavy (non-hydrogen) atoms. The summed E-state index contributed by atoms with van der Waals surface area (Å²) in [5, 5.41) is 9.92. The molecule has 218 valence electrons. The summed E-state index contributed by atoms with van der Waals surface area (Å²) >= 11 is 0. The summed E-state index contributed by atoms with van der Waals surface area (Å²) in [5.41, 5.74) is 0. The second-order valence-corrected chi connectivity index (χ2v) is 8.62.